The van der Waals surface area contributed by atoms with Gasteiger partial charge in [0.25, 0.3) is 5.91 Å². The van der Waals surface area contributed by atoms with Gasteiger partial charge in [0.15, 0.2) is 28.9 Å². The lowest BCUT2D eigenvalue weighted by molar-refractivity contribution is -0.126. The number of carbonyl (C=O) groups excluding carboxylic acids is 3. The summed E-state index contributed by atoms with van der Waals surface area (Å²) in [6, 6.07) is 8.64. The quantitative estimate of drug-likeness (QED) is 0.0754. The van der Waals surface area contributed by atoms with Crippen LogP contribution in [0.2, 0.25) is 0 Å². The first-order valence-electron chi connectivity index (χ1n) is 19.6. The van der Waals surface area contributed by atoms with Crippen molar-refractivity contribution in [2.45, 2.75) is 103 Å². The van der Waals surface area contributed by atoms with Crippen molar-refractivity contribution in [2.75, 3.05) is 41.2 Å². The molecule has 0 aliphatic carbocycles. The molecule has 58 heavy (non-hydrogen) atoms. The minimum absolute atomic E-state index is 0.0453. The molecule has 0 spiro atoms. The number of carbonyl (C=O) groups is 3. The van der Waals surface area contributed by atoms with Crippen LogP contribution in [0, 0.1) is 17.5 Å². The molecule has 318 valence electrons. The van der Waals surface area contributed by atoms with Gasteiger partial charge in [0.05, 0.1) is 33.4 Å². The normalized spacial score (nSPS) is 12.4. The molecule has 1 heterocycles. The van der Waals surface area contributed by atoms with Crippen molar-refractivity contribution < 1.29 is 56.0 Å². The van der Waals surface area contributed by atoms with Crippen molar-refractivity contribution in [2.24, 2.45) is 0 Å². The van der Waals surface area contributed by atoms with E-state index in [1.165, 1.54) is 14.2 Å². The maximum absolute atomic E-state index is 15.7. The van der Waals surface area contributed by atoms with Crippen LogP contribution in [0.25, 0.3) is 0 Å². The zero-order valence-corrected chi connectivity index (χ0v) is 34.3. The Morgan fingerprint density at radius 1 is 0.741 bits per heavy atom. The van der Waals surface area contributed by atoms with E-state index in [-0.39, 0.29) is 13.3 Å². The number of nitrogens with one attached hydrogen (secondary N) is 2. The molecule has 0 aromatic heterocycles. The van der Waals surface area contributed by atoms with Crippen LogP contribution in [0.5, 0.6) is 28.7 Å². The summed E-state index contributed by atoms with van der Waals surface area (Å²) in [6.45, 7) is 6.02. The minimum atomic E-state index is -1.59. The monoisotopic (exact) mass is 815 g/mol. The van der Waals surface area contributed by atoms with Crippen molar-refractivity contribution in [3.8, 4) is 28.7 Å². The number of hydrogen-bond acceptors (Lipinski definition) is 9. The fourth-order valence-electron chi connectivity index (χ4n) is 6.55. The van der Waals surface area contributed by atoms with Crippen molar-refractivity contribution in [3.63, 3.8) is 0 Å². The van der Waals surface area contributed by atoms with Crippen molar-refractivity contribution in [3.05, 3.63) is 76.6 Å². The van der Waals surface area contributed by atoms with Crippen LogP contribution in [0.4, 0.5) is 18.0 Å². The van der Waals surface area contributed by atoms with Gasteiger partial charge in [-0.15, -0.1) is 0 Å². The standard InChI is InChI=1S/C43H56F3N3O9/c1-43(2,3)58-42(52)48-22-16-14-12-10-8-7-9-11-13-15-21-47-40(50)38(28-18-20-33-35(23-28)57-27-56-33)49(26-29-17-19-30(53-4)24-34(29)54-5)41(51)31-25-32(44)37(46)39(55-6)36(31)45/h17-20,23-25,38H,7-16,21-22,26-27H2,1-6H3,(H,47,50)(H,48,52). The smallest absolute Gasteiger partial charge is 0.407 e. The van der Waals surface area contributed by atoms with E-state index < -0.39 is 58.3 Å². The molecule has 0 saturated heterocycles. The molecule has 1 atom stereocenters. The molecule has 12 nitrogen and oxygen atoms in total. The minimum Gasteiger partial charge on any atom is -0.497 e. The van der Waals surface area contributed by atoms with Gasteiger partial charge in [-0.05, 0) is 69.5 Å². The van der Waals surface area contributed by atoms with E-state index in [0.29, 0.717) is 59.7 Å². The topological polar surface area (TPSA) is 134 Å². The summed E-state index contributed by atoms with van der Waals surface area (Å²) >= 11 is 0. The van der Waals surface area contributed by atoms with E-state index in [2.05, 4.69) is 10.6 Å². The van der Waals surface area contributed by atoms with Crippen LogP contribution < -0.4 is 34.3 Å². The molecule has 1 aliphatic heterocycles. The van der Waals surface area contributed by atoms with E-state index in [1.807, 2.05) is 20.8 Å². The molecule has 3 aromatic carbocycles. The number of hydrogen-bond donors (Lipinski definition) is 2. The second-order valence-electron chi connectivity index (χ2n) is 14.9. The molecule has 15 heteroatoms. The molecule has 4 rings (SSSR count). The highest BCUT2D eigenvalue weighted by Gasteiger charge is 2.36. The predicted molar refractivity (Wildman–Crippen MR) is 211 cm³/mol. The number of rotatable bonds is 22. The number of benzene rings is 3. The van der Waals surface area contributed by atoms with Gasteiger partial charge < -0.3 is 44.0 Å². The summed E-state index contributed by atoms with van der Waals surface area (Å²) in [4.78, 5) is 41.5. The molecule has 0 saturated carbocycles. The molecule has 3 amide bonds. The lowest BCUT2D eigenvalue weighted by Crippen LogP contribution is -2.44. The third kappa shape index (κ3) is 12.8. The predicted octanol–water partition coefficient (Wildman–Crippen LogP) is 8.78. The Bertz CT molecular complexity index is 1850. The highest BCUT2D eigenvalue weighted by molar-refractivity contribution is 5.98. The number of nitrogens with zero attached hydrogens (tertiary/aromatic N) is 1. The first-order chi connectivity index (χ1) is 27.8. The fourth-order valence-corrected chi connectivity index (χ4v) is 6.55. The summed E-state index contributed by atoms with van der Waals surface area (Å²) in [5.41, 5.74) is -0.627. The van der Waals surface area contributed by atoms with Gasteiger partial charge in [0.1, 0.15) is 23.1 Å². The third-order valence-electron chi connectivity index (χ3n) is 9.49. The number of methoxy groups -OCH3 is 3. The molecular weight excluding hydrogens is 759 g/mol. The molecule has 1 aliphatic rings. The van der Waals surface area contributed by atoms with Gasteiger partial charge in [-0.1, -0.05) is 57.4 Å². The summed E-state index contributed by atoms with van der Waals surface area (Å²) in [5.74, 6) is -5.75. The van der Waals surface area contributed by atoms with Crippen molar-refractivity contribution in [1.29, 1.82) is 0 Å². The Balaban J connectivity index is 1.42. The lowest BCUT2D eigenvalue weighted by atomic mass is 10.00. The fraction of sp³-hybridized carbons (Fsp3) is 0.512. The van der Waals surface area contributed by atoms with E-state index in [1.54, 1.807) is 36.4 Å². The maximum atomic E-state index is 15.7. The molecule has 3 aromatic rings. The van der Waals surface area contributed by atoms with E-state index >= 15 is 4.39 Å². The van der Waals surface area contributed by atoms with Gasteiger partial charge in [-0.25, -0.2) is 13.6 Å². The zero-order valence-electron chi connectivity index (χ0n) is 34.3. The van der Waals surface area contributed by atoms with Crippen molar-refractivity contribution >= 4 is 17.9 Å². The number of ether oxygens (including phenoxy) is 6. The van der Waals surface area contributed by atoms with Gasteiger partial charge in [0.2, 0.25) is 18.5 Å². The molecular formula is C43H56F3N3O9. The molecule has 1 unspecified atom stereocenters. The van der Waals surface area contributed by atoms with Crippen LogP contribution in [-0.4, -0.2) is 69.6 Å². The Hall–Kier alpha value is -5.34. The first kappa shape index (κ1) is 45.4. The summed E-state index contributed by atoms with van der Waals surface area (Å²) in [6.07, 6.45) is 9.49. The maximum Gasteiger partial charge on any atom is 0.407 e. The van der Waals surface area contributed by atoms with Gasteiger partial charge >= 0.3 is 6.09 Å². The second kappa shape index (κ2) is 22.0. The molecule has 0 radical (unpaired) electrons. The third-order valence-corrected chi connectivity index (χ3v) is 9.49. The van der Waals surface area contributed by atoms with Crippen molar-refractivity contribution in [1.82, 2.24) is 15.5 Å². The molecule has 0 bridgehead atoms. The average molecular weight is 816 g/mol. The van der Waals surface area contributed by atoms with E-state index in [4.69, 9.17) is 28.4 Å². The van der Waals surface area contributed by atoms with E-state index in [9.17, 15) is 23.2 Å². The first-order valence-corrected chi connectivity index (χ1v) is 19.6. The van der Waals surface area contributed by atoms with Crippen LogP contribution in [0.3, 0.4) is 0 Å². The summed E-state index contributed by atoms with van der Waals surface area (Å²) in [7, 11) is 3.85. The van der Waals surface area contributed by atoms with Gasteiger partial charge in [-0.3, -0.25) is 9.59 Å². The largest absolute Gasteiger partial charge is 0.497 e. The molecule has 0 fully saturated rings. The number of fused-ring (bicyclic) bond motifs is 1. The number of amides is 3. The van der Waals surface area contributed by atoms with E-state index in [0.717, 1.165) is 69.8 Å². The van der Waals surface area contributed by atoms with Crippen LogP contribution in [0.15, 0.2) is 42.5 Å². The summed E-state index contributed by atoms with van der Waals surface area (Å²) < 4.78 is 77.0. The average Bonchev–Trinajstić information content (AvgIpc) is 3.67. The second-order valence-corrected chi connectivity index (χ2v) is 14.9. The van der Waals surface area contributed by atoms with Gasteiger partial charge in [0, 0.05) is 24.7 Å². The van der Waals surface area contributed by atoms with Gasteiger partial charge in [-0.2, -0.15) is 4.39 Å². The Morgan fingerprint density at radius 2 is 1.36 bits per heavy atom. The van der Waals surface area contributed by atoms with Crippen LogP contribution in [-0.2, 0) is 16.1 Å². The SMILES string of the molecule is COc1ccc(CN(C(=O)c2cc(F)c(F)c(OC)c2F)C(C(=O)NCCCCCCCCCCCCNC(=O)OC(C)(C)C)c2ccc3c(c2)OCO3)c(OC)c1. The Labute approximate surface area is 338 Å². The summed E-state index contributed by atoms with van der Waals surface area (Å²) in [5, 5.41) is 5.72. The number of unbranched alkanes of at least 4 members (excludes halogenated alkanes) is 9. The Morgan fingerprint density at radius 3 is 1.97 bits per heavy atom. The van der Waals surface area contributed by atoms with Crippen LogP contribution in [0.1, 0.15) is 113 Å². The lowest BCUT2D eigenvalue weighted by Gasteiger charge is -2.32. The Kier molecular flexibility index (Phi) is 17.2. The highest BCUT2D eigenvalue weighted by atomic mass is 19.2. The molecule has 2 N–H and O–H groups in total. The number of alkyl carbamates (subject to hydrolysis) is 1. The number of halogens is 3. The zero-order chi connectivity index (χ0) is 42.2. The van der Waals surface area contributed by atoms with Crippen LogP contribution >= 0.6 is 0 Å². The highest BCUT2D eigenvalue weighted by Crippen LogP contribution is 2.38.